The molecule has 48 heavy (non-hydrogen) atoms. The van der Waals surface area contributed by atoms with Crippen LogP contribution in [0.4, 0.5) is 4.79 Å². The number of fused-ring (bicyclic) bond motifs is 5. The van der Waals surface area contributed by atoms with E-state index in [2.05, 4.69) is 12.2 Å². The molecule has 2 aliphatic heterocycles. The van der Waals surface area contributed by atoms with Crippen molar-refractivity contribution in [3.63, 3.8) is 0 Å². The zero-order valence-electron chi connectivity index (χ0n) is 29.2. The smallest absolute Gasteiger partial charge is 0.408 e. The van der Waals surface area contributed by atoms with Crippen molar-refractivity contribution in [2.45, 2.75) is 118 Å². The molecule has 2 amide bonds. The average molecular weight is 685 g/mol. The number of carbonyl (C=O) groups excluding carboxylic acids is 3. The largest absolute Gasteiger partial charge is 0.459 e. The molecule has 11 nitrogen and oxygen atoms in total. The zero-order valence-corrected chi connectivity index (χ0v) is 30.0. The summed E-state index contributed by atoms with van der Waals surface area (Å²) in [5.74, 6) is -1.06. The molecule has 3 heterocycles. The average Bonchev–Trinajstić information content (AvgIpc) is 3.48. The number of allylic oxidation sites excluding steroid dienone is 2. The van der Waals surface area contributed by atoms with Crippen LogP contribution in [0.15, 0.2) is 35.1 Å². The van der Waals surface area contributed by atoms with E-state index in [4.69, 9.17) is 30.8 Å². The Bertz CT molecular complexity index is 1640. The lowest BCUT2D eigenvalue weighted by molar-refractivity contribution is -0.165. The topological polar surface area (TPSA) is 129 Å². The number of ether oxygens (including phenoxy) is 3. The molecule has 0 spiro atoms. The van der Waals surface area contributed by atoms with Gasteiger partial charge in [-0.15, -0.1) is 0 Å². The number of rotatable bonds is 1. The van der Waals surface area contributed by atoms with Gasteiger partial charge in [0.05, 0.1) is 17.4 Å². The van der Waals surface area contributed by atoms with Gasteiger partial charge in [0.2, 0.25) is 5.91 Å². The van der Waals surface area contributed by atoms with Crippen molar-refractivity contribution in [1.29, 1.82) is 0 Å². The van der Waals surface area contributed by atoms with Crippen molar-refractivity contribution < 1.29 is 28.6 Å². The molecule has 0 unspecified atom stereocenters. The van der Waals surface area contributed by atoms with E-state index < -0.39 is 53.1 Å². The molecule has 1 aromatic heterocycles. The minimum absolute atomic E-state index is 0.00523. The maximum Gasteiger partial charge on any atom is 0.408 e. The summed E-state index contributed by atoms with van der Waals surface area (Å²) >= 11 is 6.27. The van der Waals surface area contributed by atoms with E-state index in [1.807, 2.05) is 39.8 Å². The number of esters is 1. The second kappa shape index (κ2) is 13.7. The summed E-state index contributed by atoms with van der Waals surface area (Å²) in [6.45, 7) is 15.0. The van der Waals surface area contributed by atoms with Crippen molar-refractivity contribution in [3.05, 3.63) is 45.7 Å². The van der Waals surface area contributed by atoms with Crippen LogP contribution in [0, 0.1) is 23.2 Å². The maximum atomic E-state index is 14.5. The Hall–Kier alpha value is -3.60. The number of amides is 2. The van der Waals surface area contributed by atoms with E-state index in [-0.39, 0.29) is 36.7 Å². The first-order chi connectivity index (χ1) is 22.4. The molecule has 5 rings (SSSR count). The van der Waals surface area contributed by atoms with Gasteiger partial charge in [-0.25, -0.2) is 9.59 Å². The van der Waals surface area contributed by atoms with Crippen molar-refractivity contribution in [1.82, 2.24) is 19.8 Å². The predicted octanol–water partition coefficient (Wildman–Crippen LogP) is 5.89. The lowest BCUT2D eigenvalue weighted by atomic mass is 9.85. The van der Waals surface area contributed by atoms with Crippen LogP contribution >= 0.6 is 11.6 Å². The molecule has 2 aromatic rings. The van der Waals surface area contributed by atoms with Crippen molar-refractivity contribution >= 4 is 40.5 Å². The molecule has 1 saturated heterocycles. The van der Waals surface area contributed by atoms with Gasteiger partial charge in [-0.2, -0.15) is 4.98 Å². The van der Waals surface area contributed by atoms with Gasteiger partial charge < -0.3 is 24.4 Å². The Labute approximate surface area is 287 Å². The predicted molar refractivity (Wildman–Crippen MR) is 183 cm³/mol. The van der Waals surface area contributed by atoms with Crippen LogP contribution in [-0.2, 0) is 25.6 Å². The number of alkyl carbamates (subject to hydrolysis) is 1. The second-order valence-corrected chi connectivity index (χ2v) is 16.2. The van der Waals surface area contributed by atoms with Crippen LogP contribution < -0.4 is 15.6 Å². The number of halogens is 1. The van der Waals surface area contributed by atoms with Crippen molar-refractivity contribution in [2.75, 3.05) is 6.54 Å². The number of nitrogens with zero attached hydrogens (tertiary/aromatic N) is 3. The SMILES string of the molecule is C[C@@H]1C[C@H]2CC/C=C/Cn3c(nc4cc(Cl)ccc4c3=O)O[C@H]3CN(C(=O)[C@H](C(C)(C)C)NC(=O)O[C@@H]2C1)[C@H](C(=O)OC(C)(C)C)[C@@H]3C. The Kier molecular flexibility index (Phi) is 10.2. The highest BCUT2D eigenvalue weighted by atomic mass is 35.5. The Morgan fingerprint density at radius 1 is 1.02 bits per heavy atom. The Balaban J connectivity index is 1.60. The van der Waals surface area contributed by atoms with Gasteiger partial charge in [0.15, 0.2) is 0 Å². The third kappa shape index (κ3) is 7.82. The third-order valence-electron chi connectivity index (χ3n) is 9.53. The van der Waals surface area contributed by atoms with Gasteiger partial charge >= 0.3 is 12.1 Å². The fraction of sp³-hybridized carbons (Fsp3) is 0.639. The van der Waals surface area contributed by atoms with E-state index in [1.165, 1.54) is 9.47 Å². The first kappa shape index (κ1) is 35.7. The quantitative estimate of drug-likeness (QED) is 0.291. The molecule has 1 N–H and O–H groups in total. The van der Waals surface area contributed by atoms with Crippen LogP contribution in [0.25, 0.3) is 10.9 Å². The van der Waals surface area contributed by atoms with E-state index in [0.29, 0.717) is 21.8 Å². The molecule has 12 heteroatoms. The summed E-state index contributed by atoms with van der Waals surface area (Å²) in [6.07, 6.45) is 5.46. The highest BCUT2D eigenvalue weighted by molar-refractivity contribution is 6.31. The maximum absolute atomic E-state index is 14.5. The Morgan fingerprint density at radius 3 is 2.44 bits per heavy atom. The molecule has 2 fully saturated rings. The number of benzene rings is 1. The first-order valence-electron chi connectivity index (χ1n) is 16.9. The van der Waals surface area contributed by atoms with E-state index in [1.54, 1.807) is 39.0 Å². The van der Waals surface area contributed by atoms with Gasteiger partial charge in [-0.3, -0.25) is 14.2 Å². The molecular formula is C36H49ClN4O7. The monoisotopic (exact) mass is 684 g/mol. The minimum Gasteiger partial charge on any atom is -0.459 e. The summed E-state index contributed by atoms with van der Waals surface area (Å²) in [5.41, 5.74) is -1.46. The van der Waals surface area contributed by atoms with Crippen molar-refractivity contribution in [3.8, 4) is 6.01 Å². The molecule has 0 radical (unpaired) electrons. The fourth-order valence-corrected chi connectivity index (χ4v) is 7.28. The van der Waals surface area contributed by atoms with Gasteiger partial charge in [0.1, 0.15) is 29.9 Å². The Morgan fingerprint density at radius 2 is 1.75 bits per heavy atom. The highest BCUT2D eigenvalue weighted by Gasteiger charge is 2.51. The minimum atomic E-state index is -1.03. The number of carbonyl (C=O) groups is 3. The van der Waals surface area contributed by atoms with E-state index in [9.17, 15) is 19.2 Å². The van der Waals surface area contributed by atoms with Crippen LogP contribution in [0.1, 0.15) is 81.1 Å². The summed E-state index contributed by atoms with van der Waals surface area (Å²) in [7, 11) is 0. The van der Waals surface area contributed by atoms with Crippen LogP contribution in [0.2, 0.25) is 5.02 Å². The second-order valence-electron chi connectivity index (χ2n) is 15.7. The molecule has 1 saturated carbocycles. The molecule has 2 bridgehead atoms. The normalized spacial score (nSPS) is 29.5. The molecule has 1 aliphatic carbocycles. The summed E-state index contributed by atoms with van der Waals surface area (Å²) in [5, 5.41) is 3.69. The third-order valence-corrected chi connectivity index (χ3v) is 9.76. The van der Waals surface area contributed by atoms with Crippen LogP contribution in [-0.4, -0.2) is 68.9 Å². The van der Waals surface area contributed by atoms with Gasteiger partial charge in [-0.05, 0) is 81.9 Å². The fourth-order valence-electron chi connectivity index (χ4n) is 7.11. The number of aromatic nitrogens is 2. The lowest BCUT2D eigenvalue weighted by Gasteiger charge is -2.36. The van der Waals surface area contributed by atoms with E-state index in [0.717, 1.165) is 25.7 Å². The zero-order chi connectivity index (χ0) is 35.1. The van der Waals surface area contributed by atoms with Gasteiger partial charge in [-0.1, -0.05) is 58.4 Å². The molecule has 3 aliphatic rings. The first-order valence-corrected chi connectivity index (χ1v) is 17.3. The van der Waals surface area contributed by atoms with Gasteiger partial charge in [0.25, 0.3) is 11.6 Å². The number of hydrogen-bond donors (Lipinski definition) is 1. The molecule has 262 valence electrons. The molecular weight excluding hydrogens is 636 g/mol. The van der Waals surface area contributed by atoms with Crippen LogP contribution in [0.3, 0.4) is 0 Å². The highest BCUT2D eigenvalue weighted by Crippen LogP contribution is 2.37. The lowest BCUT2D eigenvalue weighted by Crippen LogP contribution is -2.58. The van der Waals surface area contributed by atoms with E-state index >= 15 is 0 Å². The molecule has 7 atom stereocenters. The number of hydrogen-bond acceptors (Lipinski definition) is 8. The number of nitrogens with one attached hydrogen (secondary N) is 1. The molecule has 1 aromatic carbocycles. The summed E-state index contributed by atoms with van der Waals surface area (Å²) in [4.78, 5) is 61.7. The standard InChI is InChI=1S/C36H49ClN4O7/c1-20-16-22-12-10-9-11-15-40-30(42)24-14-13-23(37)18-25(24)38-33(40)46-27-19-41(28(21(27)2)32(44)48-36(6,7)8)31(43)29(35(3,4)5)39-34(45)47-26(22)17-20/h9,11,13-14,18,20-22,26-29H,10,12,15-17,19H2,1-8H3,(H,39,45)/b11-9+/t20-,21-,22-,26-,27+,28+,29-/m1/s1. The van der Waals surface area contributed by atoms with Gasteiger partial charge in [0, 0.05) is 17.5 Å². The summed E-state index contributed by atoms with van der Waals surface area (Å²) in [6, 6.07) is 2.93. The van der Waals surface area contributed by atoms with Crippen molar-refractivity contribution in [2.24, 2.45) is 23.2 Å². The van der Waals surface area contributed by atoms with Crippen LogP contribution in [0.5, 0.6) is 6.01 Å². The summed E-state index contributed by atoms with van der Waals surface area (Å²) < 4.78 is 19.8.